The zero-order valence-electron chi connectivity index (χ0n) is 17.0. The number of hydrogen-bond acceptors (Lipinski definition) is 5. The zero-order chi connectivity index (χ0) is 21.4. The Balaban J connectivity index is 1.47. The van der Waals surface area contributed by atoms with Crippen molar-refractivity contribution in [1.29, 1.82) is 0 Å². The number of benzene rings is 2. The lowest BCUT2D eigenvalue weighted by Crippen LogP contribution is -3.14. The molecule has 1 saturated heterocycles. The second-order valence-corrected chi connectivity index (χ2v) is 8.83. The molecule has 9 heteroatoms. The highest BCUT2D eigenvalue weighted by Gasteiger charge is 2.15. The van der Waals surface area contributed by atoms with Gasteiger partial charge in [0.25, 0.3) is 5.91 Å². The minimum Gasteiger partial charge on any atom is -0.497 e. The Hall–Kier alpha value is -2.46. The highest BCUT2D eigenvalue weighted by atomic mass is 32.2. The Kier molecular flexibility index (Phi) is 7.81. The van der Waals surface area contributed by atoms with Crippen LogP contribution in [0.5, 0.6) is 5.75 Å². The van der Waals surface area contributed by atoms with E-state index in [1.807, 2.05) is 0 Å². The molecule has 0 atom stereocenters. The molecule has 3 N–H and O–H groups in total. The predicted molar refractivity (Wildman–Crippen MR) is 112 cm³/mol. The number of methoxy groups -OCH3 is 1. The van der Waals surface area contributed by atoms with Gasteiger partial charge in [0.2, 0.25) is 10.0 Å². The Bertz CT molecular complexity index is 924. The molecule has 0 aliphatic carbocycles. The van der Waals surface area contributed by atoms with Gasteiger partial charge in [0.1, 0.15) is 18.8 Å². The summed E-state index contributed by atoms with van der Waals surface area (Å²) in [7, 11) is -2.10. The van der Waals surface area contributed by atoms with Gasteiger partial charge in [-0.1, -0.05) is 12.1 Å². The maximum atomic E-state index is 12.4. The van der Waals surface area contributed by atoms with Gasteiger partial charge in [0.15, 0.2) is 0 Å². The van der Waals surface area contributed by atoms with Crippen molar-refractivity contribution >= 4 is 15.9 Å². The molecule has 2 aromatic rings. The van der Waals surface area contributed by atoms with Crippen LogP contribution in [-0.2, 0) is 21.3 Å². The molecule has 2 aromatic carbocycles. The normalized spacial score (nSPS) is 15.0. The zero-order valence-corrected chi connectivity index (χ0v) is 17.8. The van der Waals surface area contributed by atoms with E-state index in [1.54, 1.807) is 36.4 Å². The molecule has 1 fully saturated rings. The van der Waals surface area contributed by atoms with E-state index >= 15 is 0 Å². The van der Waals surface area contributed by atoms with E-state index in [9.17, 15) is 13.2 Å². The summed E-state index contributed by atoms with van der Waals surface area (Å²) in [4.78, 5) is 13.9. The highest BCUT2D eigenvalue weighted by Crippen LogP contribution is 2.15. The third kappa shape index (κ3) is 6.27. The molecule has 8 nitrogen and oxygen atoms in total. The van der Waals surface area contributed by atoms with Gasteiger partial charge in [-0.05, 0) is 42.0 Å². The van der Waals surface area contributed by atoms with E-state index in [-0.39, 0.29) is 17.3 Å². The number of morpholine rings is 1. The molecule has 0 unspecified atom stereocenters. The number of rotatable bonds is 9. The van der Waals surface area contributed by atoms with Crippen LogP contribution in [0.3, 0.4) is 0 Å². The van der Waals surface area contributed by atoms with Gasteiger partial charge in [-0.25, -0.2) is 13.1 Å². The average molecular weight is 435 g/mol. The Labute approximate surface area is 177 Å². The van der Waals surface area contributed by atoms with Gasteiger partial charge in [0.05, 0.1) is 38.3 Å². The monoisotopic (exact) mass is 434 g/mol. The molecule has 30 heavy (non-hydrogen) atoms. The molecule has 3 rings (SSSR count). The minimum atomic E-state index is -3.63. The maximum Gasteiger partial charge on any atom is 0.251 e. The van der Waals surface area contributed by atoms with Crippen LogP contribution in [0.25, 0.3) is 0 Å². The fourth-order valence-electron chi connectivity index (χ4n) is 3.16. The van der Waals surface area contributed by atoms with Crippen LogP contribution in [0.15, 0.2) is 53.4 Å². The topological polar surface area (TPSA) is 98.2 Å². The fraction of sp³-hybridized carbons (Fsp3) is 0.381. The summed E-state index contributed by atoms with van der Waals surface area (Å²) in [5.41, 5.74) is 1.31. The third-order valence-electron chi connectivity index (χ3n) is 5.02. The molecule has 1 aliphatic rings. The molecular weight excluding hydrogens is 406 g/mol. The van der Waals surface area contributed by atoms with Crippen LogP contribution in [-0.4, -0.2) is 60.8 Å². The van der Waals surface area contributed by atoms with Crippen molar-refractivity contribution in [2.45, 2.75) is 11.4 Å². The maximum absolute atomic E-state index is 12.4. The molecule has 0 bridgehead atoms. The lowest BCUT2D eigenvalue weighted by Gasteiger charge is -2.23. The number of carbonyl (C=O) groups is 1. The van der Waals surface area contributed by atoms with Crippen molar-refractivity contribution in [3.05, 3.63) is 59.7 Å². The smallest absolute Gasteiger partial charge is 0.251 e. The van der Waals surface area contributed by atoms with Gasteiger partial charge >= 0.3 is 0 Å². The Morgan fingerprint density at radius 3 is 2.37 bits per heavy atom. The number of sulfonamides is 1. The third-order valence-corrected chi connectivity index (χ3v) is 6.43. The van der Waals surface area contributed by atoms with Gasteiger partial charge in [-0.3, -0.25) is 4.79 Å². The first-order chi connectivity index (χ1) is 14.5. The van der Waals surface area contributed by atoms with Gasteiger partial charge in [0, 0.05) is 12.1 Å². The number of nitrogens with one attached hydrogen (secondary N) is 3. The summed E-state index contributed by atoms with van der Waals surface area (Å²) in [5, 5.41) is 2.93. The van der Waals surface area contributed by atoms with Crippen molar-refractivity contribution in [1.82, 2.24) is 10.0 Å². The van der Waals surface area contributed by atoms with Gasteiger partial charge < -0.3 is 19.7 Å². The first-order valence-electron chi connectivity index (χ1n) is 9.90. The number of quaternary nitrogens is 1. The Morgan fingerprint density at radius 1 is 1.07 bits per heavy atom. The van der Waals surface area contributed by atoms with Crippen LogP contribution >= 0.6 is 0 Å². The van der Waals surface area contributed by atoms with E-state index in [2.05, 4.69) is 10.0 Å². The molecule has 0 radical (unpaired) electrons. The first-order valence-corrected chi connectivity index (χ1v) is 11.4. The average Bonchev–Trinajstić information content (AvgIpc) is 2.79. The van der Waals surface area contributed by atoms with E-state index in [0.717, 1.165) is 38.4 Å². The summed E-state index contributed by atoms with van der Waals surface area (Å²) in [6.07, 6.45) is 0. The largest absolute Gasteiger partial charge is 0.497 e. The van der Waals surface area contributed by atoms with Crippen molar-refractivity contribution in [3.8, 4) is 5.75 Å². The number of carbonyl (C=O) groups excluding carboxylic acids is 1. The molecule has 162 valence electrons. The molecule has 0 saturated carbocycles. The van der Waals surface area contributed by atoms with Gasteiger partial charge in [-0.2, -0.15) is 0 Å². The summed E-state index contributed by atoms with van der Waals surface area (Å²) in [6, 6.07) is 13.1. The summed E-state index contributed by atoms with van der Waals surface area (Å²) in [6.45, 7) is 5.10. The first kappa shape index (κ1) is 22.2. The van der Waals surface area contributed by atoms with E-state index in [0.29, 0.717) is 17.9 Å². The number of ether oxygens (including phenoxy) is 2. The van der Waals surface area contributed by atoms with Crippen LogP contribution < -0.4 is 19.7 Å². The second-order valence-electron chi connectivity index (χ2n) is 7.07. The van der Waals surface area contributed by atoms with Crippen LogP contribution in [0, 0.1) is 0 Å². The molecule has 1 amide bonds. The van der Waals surface area contributed by atoms with Crippen molar-refractivity contribution in [3.63, 3.8) is 0 Å². The highest BCUT2D eigenvalue weighted by molar-refractivity contribution is 7.89. The molecule has 1 aliphatic heterocycles. The second kappa shape index (κ2) is 10.5. The van der Waals surface area contributed by atoms with E-state index in [4.69, 9.17) is 9.47 Å². The molecular formula is C21H28N3O5S+. The van der Waals surface area contributed by atoms with E-state index < -0.39 is 10.0 Å². The lowest BCUT2D eigenvalue weighted by molar-refractivity contribution is -0.906. The minimum absolute atomic E-state index is 0.131. The van der Waals surface area contributed by atoms with Crippen molar-refractivity contribution in [2.24, 2.45) is 0 Å². The lowest BCUT2D eigenvalue weighted by atomic mass is 10.1. The molecule has 0 aromatic heterocycles. The standard InChI is InChI=1S/C21H27N3O5S/c1-28-19-6-8-20(9-7-19)30(26,27)23-16-17-2-4-18(5-3-17)21(25)22-10-11-24-12-14-29-15-13-24/h2-9,23H,10-16H2,1H3,(H,22,25)/p+1. The number of hydrogen-bond donors (Lipinski definition) is 3. The predicted octanol–water partition coefficient (Wildman–Crippen LogP) is -0.181. The summed E-state index contributed by atoms with van der Waals surface area (Å²) >= 11 is 0. The SMILES string of the molecule is COc1ccc(S(=O)(=O)NCc2ccc(C(=O)NCC[NH+]3CCOCC3)cc2)cc1. The fourth-order valence-corrected chi connectivity index (χ4v) is 4.17. The summed E-state index contributed by atoms with van der Waals surface area (Å²) in [5.74, 6) is 0.460. The van der Waals surface area contributed by atoms with Crippen LogP contribution in [0.2, 0.25) is 0 Å². The number of amides is 1. The van der Waals surface area contributed by atoms with Gasteiger partial charge in [-0.15, -0.1) is 0 Å². The summed E-state index contributed by atoms with van der Waals surface area (Å²) < 4.78 is 37.7. The van der Waals surface area contributed by atoms with E-state index in [1.165, 1.54) is 24.1 Å². The quantitative estimate of drug-likeness (QED) is 0.509. The van der Waals surface area contributed by atoms with Crippen molar-refractivity contribution < 1.29 is 27.6 Å². The molecule has 1 heterocycles. The molecule has 0 spiro atoms. The van der Waals surface area contributed by atoms with Crippen LogP contribution in [0.1, 0.15) is 15.9 Å². The Morgan fingerprint density at radius 2 is 1.73 bits per heavy atom. The van der Waals surface area contributed by atoms with Crippen molar-refractivity contribution in [2.75, 3.05) is 46.5 Å². The van der Waals surface area contributed by atoms with Crippen LogP contribution in [0.4, 0.5) is 0 Å².